The Bertz CT molecular complexity index is 754. The minimum atomic E-state index is 0. The first-order chi connectivity index (χ1) is 10.9. The molecule has 0 aliphatic heterocycles. The summed E-state index contributed by atoms with van der Waals surface area (Å²) in [6.45, 7) is 3.06. The Morgan fingerprint density at radius 2 is 1.50 bits per heavy atom. The van der Waals surface area contributed by atoms with Gasteiger partial charge >= 0.3 is 30.2 Å². The van der Waals surface area contributed by atoms with Gasteiger partial charge < -0.3 is 14.9 Å². The number of benzene rings is 2. The third-order valence-electron chi connectivity index (χ3n) is 3.35. The second kappa shape index (κ2) is 17.6. The number of allylic oxidation sites excluding steroid dienone is 4. The molecule has 26 heavy (non-hydrogen) atoms. The third-order valence-corrected chi connectivity index (χ3v) is 3.35. The van der Waals surface area contributed by atoms with Gasteiger partial charge in [-0.1, -0.05) is 42.0 Å². The van der Waals surface area contributed by atoms with E-state index in [1.165, 1.54) is 45.2 Å². The molecule has 3 aromatic carbocycles. The smallest absolute Gasteiger partial charge is 0.0623 e. The molecular formula is C22H24Cl2SiZr-4. The molecule has 0 unspecified atom stereocenters. The standard InChI is InChI=1S/C15H11.C5H5.2CH3.2ClH.Si.Zr/c1-2-6-12(7-3-1)15-11-10-13-8-4-5-9-14(13)15;1-2-4-5-3-1;;;;;;/h1-11H;1-3H,4H2;2*1H3;2*1H;;/q4*-1;;;;. The molecule has 0 spiro atoms. The Labute approximate surface area is 188 Å². The normalized spacial score (nSPS) is 9.65. The molecule has 3 aromatic rings. The number of hydrogen-bond acceptors (Lipinski definition) is 0. The summed E-state index contributed by atoms with van der Waals surface area (Å²) >= 11 is 1.36. The van der Waals surface area contributed by atoms with Crippen LogP contribution in [0.5, 0.6) is 0 Å². The first kappa shape index (κ1) is 30.0. The van der Waals surface area contributed by atoms with Crippen LogP contribution in [-0.4, -0.2) is 6.88 Å². The molecule has 0 N–H and O–H groups in total. The molecule has 2 radical (unpaired) electrons. The molecule has 0 heterocycles. The second-order valence-electron chi connectivity index (χ2n) is 4.70. The van der Waals surface area contributed by atoms with E-state index in [4.69, 9.17) is 0 Å². The van der Waals surface area contributed by atoms with Gasteiger partial charge in [0.15, 0.2) is 0 Å². The van der Waals surface area contributed by atoms with E-state index in [0.717, 1.165) is 6.42 Å². The molecule has 0 saturated carbocycles. The molecule has 138 valence electrons. The molecule has 0 amide bonds. The van der Waals surface area contributed by atoms with E-state index in [1.807, 2.05) is 12.2 Å². The predicted molar refractivity (Wildman–Crippen MR) is 120 cm³/mol. The predicted octanol–water partition coefficient (Wildman–Crippen LogP) is 6.89. The fraction of sp³-hybridized carbons (Fsp3) is 0.0455. The zero-order valence-electron chi connectivity index (χ0n) is 15.1. The molecular weight excluding hydrogens is 454 g/mol. The van der Waals surface area contributed by atoms with Gasteiger partial charge in [-0.25, -0.2) is 12.2 Å². The third kappa shape index (κ3) is 8.73. The molecule has 0 fully saturated rings. The molecule has 0 aromatic heterocycles. The van der Waals surface area contributed by atoms with E-state index in [9.17, 15) is 0 Å². The summed E-state index contributed by atoms with van der Waals surface area (Å²) in [7, 11) is 0. The van der Waals surface area contributed by atoms with Gasteiger partial charge in [0.05, 0.1) is 0 Å². The maximum atomic E-state index is 3.06. The van der Waals surface area contributed by atoms with E-state index >= 15 is 0 Å². The van der Waals surface area contributed by atoms with Gasteiger partial charge in [-0.05, 0) is 0 Å². The average molecular weight is 479 g/mol. The van der Waals surface area contributed by atoms with Crippen LogP contribution in [0.3, 0.4) is 0 Å². The fourth-order valence-electron chi connectivity index (χ4n) is 2.36. The van der Waals surface area contributed by atoms with Crippen LogP contribution in [0, 0.1) is 20.9 Å². The van der Waals surface area contributed by atoms with E-state index in [1.54, 1.807) is 0 Å². The van der Waals surface area contributed by atoms with Crippen molar-refractivity contribution in [2.45, 2.75) is 6.42 Å². The number of rotatable bonds is 1. The van der Waals surface area contributed by atoms with Crippen molar-refractivity contribution in [3.8, 4) is 11.1 Å². The summed E-state index contributed by atoms with van der Waals surface area (Å²) in [4.78, 5) is 0. The largest absolute Gasteiger partial charge is 0.150 e. The van der Waals surface area contributed by atoms with E-state index < -0.39 is 0 Å². The molecule has 4 rings (SSSR count). The van der Waals surface area contributed by atoms with Gasteiger partial charge in [0.1, 0.15) is 0 Å². The average Bonchev–Trinajstić information content (AvgIpc) is 3.30. The summed E-state index contributed by atoms with van der Waals surface area (Å²) < 4.78 is 0. The SMILES string of the molecule is Cl.Cl.[C-]1=CC=CC1.[CH3-].[CH3-].[Si]=[Zr].c1ccc(-c2c[cH-]c3ccccc23)cc1. The minimum Gasteiger partial charge on any atom is -0.150 e. The van der Waals surface area contributed by atoms with E-state index in [0.29, 0.717) is 0 Å². The molecule has 0 saturated heterocycles. The molecule has 0 nitrogen and oxygen atoms in total. The van der Waals surface area contributed by atoms with Crippen LogP contribution >= 0.6 is 24.8 Å². The van der Waals surface area contributed by atoms with Crippen molar-refractivity contribution in [2.24, 2.45) is 0 Å². The first-order valence-corrected chi connectivity index (χ1v) is 11.3. The van der Waals surface area contributed by atoms with Gasteiger partial charge in [-0.2, -0.15) is 6.08 Å². The Kier molecular flexibility index (Phi) is 20.3. The zero-order chi connectivity index (χ0) is 15.6. The van der Waals surface area contributed by atoms with Gasteiger partial charge in [-0.3, -0.25) is 6.08 Å². The summed E-state index contributed by atoms with van der Waals surface area (Å²) in [5, 5.41) is 2.65. The van der Waals surface area contributed by atoms with Crippen LogP contribution in [0.1, 0.15) is 6.42 Å². The van der Waals surface area contributed by atoms with Crippen LogP contribution in [-0.2, 0) is 23.3 Å². The van der Waals surface area contributed by atoms with Crippen LogP contribution in [0.15, 0.2) is 85.0 Å². The van der Waals surface area contributed by atoms with Crippen LogP contribution in [0.2, 0.25) is 0 Å². The monoisotopic (exact) mass is 476 g/mol. The number of halogens is 2. The maximum absolute atomic E-state index is 3.06. The van der Waals surface area contributed by atoms with Crippen molar-refractivity contribution in [1.82, 2.24) is 0 Å². The molecule has 0 atom stereocenters. The Hall–Kier alpha value is -0.790. The Balaban J connectivity index is -0.000000420. The van der Waals surface area contributed by atoms with Crippen molar-refractivity contribution in [2.75, 3.05) is 0 Å². The quantitative estimate of drug-likeness (QED) is 0.264. The van der Waals surface area contributed by atoms with Gasteiger partial charge in [-0.15, -0.1) is 77.9 Å². The zero-order valence-corrected chi connectivity index (χ0v) is 20.2. The van der Waals surface area contributed by atoms with Gasteiger partial charge in [0.2, 0.25) is 0 Å². The van der Waals surface area contributed by atoms with Crippen molar-refractivity contribution >= 4 is 42.5 Å². The molecule has 1 aliphatic rings. The van der Waals surface area contributed by atoms with Crippen molar-refractivity contribution in [3.63, 3.8) is 0 Å². The first-order valence-electron chi connectivity index (χ1n) is 7.12. The summed E-state index contributed by atoms with van der Waals surface area (Å²) in [6, 6.07) is 23.4. The fourth-order valence-corrected chi connectivity index (χ4v) is 2.36. The summed E-state index contributed by atoms with van der Waals surface area (Å²) in [5.41, 5.74) is 2.62. The van der Waals surface area contributed by atoms with E-state index in [2.05, 4.69) is 85.8 Å². The maximum Gasteiger partial charge on any atom is -0.0623 e. The van der Waals surface area contributed by atoms with Crippen molar-refractivity contribution < 1.29 is 23.3 Å². The summed E-state index contributed by atoms with van der Waals surface area (Å²) in [6.07, 6.45) is 10.0. The second-order valence-corrected chi connectivity index (χ2v) is 4.70. The topological polar surface area (TPSA) is 0 Å². The van der Waals surface area contributed by atoms with Crippen LogP contribution in [0.4, 0.5) is 0 Å². The number of hydrogen-bond donors (Lipinski definition) is 0. The Morgan fingerprint density at radius 1 is 0.885 bits per heavy atom. The molecule has 4 heteroatoms. The van der Waals surface area contributed by atoms with Crippen LogP contribution < -0.4 is 0 Å². The Morgan fingerprint density at radius 3 is 2.04 bits per heavy atom. The van der Waals surface area contributed by atoms with Gasteiger partial charge in [0, 0.05) is 0 Å². The number of fused-ring (bicyclic) bond motifs is 1. The molecule has 0 bridgehead atoms. The molecule has 1 aliphatic carbocycles. The van der Waals surface area contributed by atoms with Crippen molar-refractivity contribution in [3.05, 3.63) is 106 Å². The summed E-state index contributed by atoms with van der Waals surface area (Å²) in [5.74, 6) is 0. The van der Waals surface area contributed by atoms with E-state index in [-0.39, 0.29) is 39.7 Å². The van der Waals surface area contributed by atoms with Crippen LogP contribution in [0.25, 0.3) is 21.9 Å². The van der Waals surface area contributed by atoms with Gasteiger partial charge in [0.25, 0.3) is 0 Å². The van der Waals surface area contributed by atoms with Crippen molar-refractivity contribution in [1.29, 1.82) is 0 Å². The minimum absolute atomic E-state index is 0.